The van der Waals surface area contributed by atoms with E-state index >= 15 is 0 Å². The molecule has 0 amide bonds. The van der Waals surface area contributed by atoms with Crippen LogP contribution in [0.3, 0.4) is 0 Å². The molecule has 1 rings (SSSR count). The molecule has 0 bridgehead atoms. The second-order valence-electron chi connectivity index (χ2n) is 3.24. The van der Waals surface area contributed by atoms with Crippen molar-refractivity contribution < 1.29 is 9.84 Å². The molecule has 1 N–H and O–H groups in total. The quantitative estimate of drug-likeness (QED) is 0.687. The van der Waals surface area contributed by atoms with Crippen molar-refractivity contribution in [1.82, 2.24) is 4.90 Å². The summed E-state index contributed by atoms with van der Waals surface area (Å²) in [6.45, 7) is 9.45. The third-order valence-corrected chi connectivity index (χ3v) is 2.24. The lowest BCUT2D eigenvalue weighted by Crippen LogP contribution is -2.36. The van der Waals surface area contributed by atoms with Gasteiger partial charge in [0.25, 0.3) is 0 Å². The standard InChI is InChI=1S/C9H19NO2.C2H6/c11-7-3-1-2-4-10-5-8-12-9-6-10;1-2/h11H,1-9H2;1-2H3. The van der Waals surface area contributed by atoms with Crippen molar-refractivity contribution in [1.29, 1.82) is 0 Å². The van der Waals surface area contributed by atoms with Crippen molar-refractivity contribution >= 4 is 0 Å². The Morgan fingerprint density at radius 1 is 1.07 bits per heavy atom. The molecule has 0 aromatic carbocycles. The molecule has 0 spiro atoms. The molecule has 86 valence electrons. The lowest BCUT2D eigenvalue weighted by molar-refractivity contribution is 0.0370. The fourth-order valence-electron chi connectivity index (χ4n) is 1.45. The van der Waals surface area contributed by atoms with E-state index < -0.39 is 0 Å². The highest BCUT2D eigenvalue weighted by molar-refractivity contribution is 4.61. The molecule has 1 heterocycles. The van der Waals surface area contributed by atoms with Crippen LogP contribution in [0.25, 0.3) is 0 Å². The third kappa shape index (κ3) is 7.30. The summed E-state index contributed by atoms with van der Waals surface area (Å²) in [6.07, 6.45) is 3.30. The Bertz CT molecular complexity index is 103. The van der Waals surface area contributed by atoms with Gasteiger partial charge in [0, 0.05) is 19.7 Å². The third-order valence-electron chi connectivity index (χ3n) is 2.24. The minimum absolute atomic E-state index is 0.336. The van der Waals surface area contributed by atoms with Crippen LogP contribution in [0.4, 0.5) is 0 Å². The maximum atomic E-state index is 8.57. The highest BCUT2D eigenvalue weighted by atomic mass is 16.5. The molecule has 1 aliphatic rings. The summed E-state index contributed by atoms with van der Waals surface area (Å²) in [5, 5.41) is 8.57. The highest BCUT2D eigenvalue weighted by Gasteiger charge is 2.08. The number of hydrogen-bond acceptors (Lipinski definition) is 3. The minimum Gasteiger partial charge on any atom is -0.396 e. The number of aliphatic hydroxyl groups excluding tert-OH is 1. The number of rotatable bonds is 5. The van der Waals surface area contributed by atoms with Gasteiger partial charge in [-0.15, -0.1) is 0 Å². The van der Waals surface area contributed by atoms with Gasteiger partial charge in [-0.05, 0) is 25.8 Å². The van der Waals surface area contributed by atoms with Crippen molar-refractivity contribution in [2.24, 2.45) is 0 Å². The van der Waals surface area contributed by atoms with Gasteiger partial charge in [0.15, 0.2) is 0 Å². The molecule has 1 fully saturated rings. The first-order chi connectivity index (χ1) is 6.93. The summed E-state index contributed by atoms with van der Waals surface area (Å²) in [4.78, 5) is 2.43. The summed E-state index contributed by atoms with van der Waals surface area (Å²) < 4.78 is 5.25. The molecule has 0 saturated carbocycles. The average Bonchev–Trinajstić information content (AvgIpc) is 2.29. The molecule has 0 unspecified atom stereocenters. The van der Waals surface area contributed by atoms with E-state index in [4.69, 9.17) is 9.84 Å². The molecular weight excluding hydrogens is 178 g/mol. The average molecular weight is 203 g/mol. The molecule has 0 radical (unpaired) electrons. The van der Waals surface area contributed by atoms with Gasteiger partial charge in [-0.25, -0.2) is 0 Å². The van der Waals surface area contributed by atoms with Crippen molar-refractivity contribution in [2.45, 2.75) is 33.1 Å². The molecule has 3 heteroatoms. The number of nitrogens with zero attached hydrogens (tertiary/aromatic N) is 1. The summed E-state index contributed by atoms with van der Waals surface area (Å²) in [7, 11) is 0. The van der Waals surface area contributed by atoms with E-state index in [0.717, 1.165) is 39.1 Å². The van der Waals surface area contributed by atoms with Crippen LogP contribution in [-0.2, 0) is 4.74 Å². The first-order valence-corrected chi connectivity index (χ1v) is 5.84. The zero-order valence-corrected chi connectivity index (χ0v) is 9.67. The zero-order chi connectivity index (χ0) is 10.6. The fourth-order valence-corrected chi connectivity index (χ4v) is 1.45. The number of morpholine rings is 1. The van der Waals surface area contributed by atoms with Crippen LogP contribution < -0.4 is 0 Å². The molecule has 1 saturated heterocycles. The van der Waals surface area contributed by atoms with E-state index in [2.05, 4.69) is 4.90 Å². The van der Waals surface area contributed by atoms with E-state index in [-0.39, 0.29) is 0 Å². The van der Waals surface area contributed by atoms with Crippen molar-refractivity contribution in [3.05, 3.63) is 0 Å². The topological polar surface area (TPSA) is 32.7 Å². The Morgan fingerprint density at radius 2 is 1.71 bits per heavy atom. The van der Waals surface area contributed by atoms with Gasteiger partial charge in [-0.1, -0.05) is 13.8 Å². The van der Waals surface area contributed by atoms with E-state index in [9.17, 15) is 0 Å². The number of hydrogen-bond donors (Lipinski definition) is 1. The van der Waals surface area contributed by atoms with Gasteiger partial charge in [-0.2, -0.15) is 0 Å². The van der Waals surface area contributed by atoms with Gasteiger partial charge < -0.3 is 9.84 Å². The van der Waals surface area contributed by atoms with Gasteiger partial charge in [0.2, 0.25) is 0 Å². The largest absolute Gasteiger partial charge is 0.396 e. The number of ether oxygens (including phenoxy) is 1. The van der Waals surface area contributed by atoms with E-state index in [1.165, 1.54) is 13.0 Å². The van der Waals surface area contributed by atoms with E-state index in [0.29, 0.717) is 6.61 Å². The van der Waals surface area contributed by atoms with Gasteiger partial charge >= 0.3 is 0 Å². The van der Waals surface area contributed by atoms with Crippen LogP contribution in [-0.4, -0.2) is 49.5 Å². The lowest BCUT2D eigenvalue weighted by atomic mass is 10.2. The molecule has 0 aliphatic carbocycles. The Labute approximate surface area is 88.1 Å². The first kappa shape index (κ1) is 13.9. The van der Waals surface area contributed by atoms with E-state index in [1.807, 2.05) is 13.8 Å². The van der Waals surface area contributed by atoms with Crippen LogP contribution in [0, 0.1) is 0 Å². The Kier molecular flexibility index (Phi) is 10.9. The molecule has 0 aromatic rings. The molecule has 3 nitrogen and oxygen atoms in total. The minimum atomic E-state index is 0.336. The molecule has 1 aliphatic heterocycles. The monoisotopic (exact) mass is 203 g/mol. The number of aliphatic hydroxyl groups is 1. The van der Waals surface area contributed by atoms with Gasteiger partial charge in [0.05, 0.1) is 13.2 Å². The maximum Gasteiger partial charge on any atom is 0.0594 e. The summed E-state index contributed by atoms with van der Waals surface area (Å²) in [6, 6.07) is 0. The smallest absolute Gasteiger partial charge is 0.0594 e. The fraction of sp³-hybridized carbons (Fsp3) is 1.00. The molecule has 0 atom stereocenters. The predicted molar refractivity (Wildman–Crippen MR) is 59.5 cm³/mol. The molecule has 0 aromatic heterocycles. The number of unbranched alkanes of at least 4 members (excludes halogenated alkanes) is 2. The van der Waals surface area contributed by atoms with Crippen LogP contribution in [0.2, 0.25) is 0 Å². The second-order valence-corrected chi connectivity index (χ2v) is 3.24. The predicted octanol–water partition coefficient (Wildman–Crippen LogP) is 1.51. The normalized spacial score (nSPS) is 17.4. The van der Waals surface area contributed by atoms with Crippen LogP contribution in [0.15, 0.2) is 0 Å². The summed E-state index contributed by atoms with van der Waals surface area (Å²) in [5.41, 5.74) is 0. The summed E-state index contributed by atoms with van der Waals surface area (Å²) in [5.74, 6) is 0. The van der Waals surface area contributed by atoms with Gasteiger partial charge in [0.1, 0.15) is 0 Å². The maximum absolute atomic E-state index is 8.57. The van der Waals surface area contributed by atoms with E-state index in [1.54, 1.807) is 0 Å². The zero-order valence-electron chi connectivity index (χ0n) is 9.67. The Hall–Kier alpha value is -0.120. The second kappa shape index (κ2) is 11.0. The van der Waals surface area contributed by atoms with Gasteiger partial charge in [-0.3, -0.25) is 4.90 Å². The lowest BCUT2D eigenvalue weighted by Gasteiger charge is -2.26. The molecular formula is C11H25NO2. The summed E-state index contributed by atoms with van der Waals surface area (Å²) >= 11 is 0. The Morgan fingerprint density at radius 3 is 2.29 bits per heavy atom. The Balaban J connectivity index is 0.000000791. The van der Waals surface area contributed by atoms with Crippen molar-refractivity contribution in [3.8, 4) is 0 Å². The van der Waals surface area contributed by atoms with Crippen LogP contribution in [0.1, 0.15) is 33.1 Å². The van der Waals surface area contributed by atoms with Crippen LogP contribution in [0.5, 0.6) is 0 Å². The first-order valence-electron chi connectivity index (χ1n) is 5.84. The SMILES string of the molecule is CC.OCCCCCN1CCOCC1. The van der Waals surface area contributed by atoms with Crippen LogP contribution >= 0.6 is 0 Å². The highest BCUT2D eigenvalue weighted by Crippen LogP contribution is 2.01. The molecule has 14 heavy (non-hydrogen) atoms. The van der Waals surface area contributed by atoms with Crippen molar-refractivity contribution in [3.63, 3.8) is 0 Å². The van der Waals surface area contributed by atoms with Crippen molar-refractivity contribution in [2.75, 3.05) is 39.5 Å².